The molecular weight excluding hydrogens is 462 g/mol. The average molecular weight is 480 g/mol. The van der Waals surface area contributed by atoms with Gasteiger partial charge in [-0.2, -0.15) is 0 Å². The molecule has 0 saturated heterocycles. The Kier molecular flexibility index (Phi) is 5.65. The molecule has 0 fully saturated rings. The van der Waals surface area contributed by atoms with Crippen molar-refractivity contribution in [3.63, 3.8) is 0 Å². The molecule has 112 valence electrons. The molecule has 0 N–H and O–H groups in total. The van der Waals surface area contributed by atoms with Gasteiger partial charge in [-0.25, -0.2) is 9.97 Å². The van der Waals surface area contributed by atoms with Crippen LogP contribution in [0.3, 0.4) is 0 Å². The molecule has 1 aromatic carbocycles. The van der Waals surface area contributed by atoms with Crippen LogP contribution in [-0.2, 0) is 6.42 Å². The molecule has 0 aliphatic heterocycles. The van der Waals surface area contributed by atoms with Crippen molar-refractivity contribution < 1.29 is 0 Å². The molecule has 0 bridgehead atoms. The number of hydrogen-bond donors (Lipinski definition) is 0. The van der Waals surface area contributed by atoms with Gasteiger partial charge in [0, 0.05) is 10.0 Å². The van der Waals surface area contributed by atoms with E-state index >= 15 is 0 Å². The van der Waals surface area contributed by atoms with E-state index in [1.165, 1.54) is 11.1 Å². The van der Waals surface area contributed by atoms with Gasteiger partial charge in [-0.05, 0) is 72.0 Å². The molecule has 0 aliphatic rings. The lowest BCUT2D eigenvalue weighted by Crippen LogP contribution is -2.04. The first-order valence-corrected chi connectivity index (χ1v) is 9.03. The zero-order valence-corrected chi connectivity index (χ0v) is 17.0. The van der Waals surface area contributed by atoms with Crippen molar-refractivity contribution in [2.24, 2.45) is 5.92 Å². The van der Waals surface area contributed by atoms with E-state index in [1.807, 2.05) is 0 Å². The molecule has 1 aromatic heterocycles. The number of aromatic nitrogens is 2. The molecule has 0 saturated carbocycles. The second-order valence-corrected chi connectivity index (χ2v) is 7.85. The second kappa shape index (κ2) is 6.92. The predicted molar refractivity (Wildman–Crippen MR) is 101 cm³/mol. The van der Waals surface area contributed by atoms with Gasteiger partial charge in [0.25, 0.3) is 0 Å². The summed E-state index contributed by atoms with van der Waals surface area (Å²) in [5.41, 5.74) is 4.39. The average Bonchev–Trinajstić information content (AvgIpc) is 2.39. The maximum Gasteiger partial charge on any atom is 0.161 e. The van der Waals surface area contributed by atoms with Gasteiger partial charge in [0.05, 0.1) is 9.26 Å². The largest absolute Gasteiger partial charge is 0.232 e. The minimum absolute atomic E-state index is 0.533. The van der Waals surface area contributed by atoms with E-state index in [0.717, 1.165) is 25.7 Å². The van der Waals surface area contributed by atoms with Crippen LogP contribution in [-0.4, -0.2) is 9.97 Å². The highest BCUT2D eigenvalue weighted by Crippen LogP contribution is 2.29. The van der Waals surface area contributed by atoms with Crippen LogP contribution in [0.4, 0.5) is 0 Å². The monoisotopic (exact) mass is 478 g/mol. The lowest BCUT2D eigenvalue weighted by molar-refractivity contribution is 0.632. The van der Waals surface area contributed by atoms with Crippen molar-refractivity contribution in [1.29, 1.82) is 0 Å². The number of benzene rings is 1. The number of nitrogens with zero attached hydrogens (tertiary/aromatic N) is 2. The Labute approximate surface area is 153 Å². The third kappa shape index (κ3) is 3.96. The molecular formula is C16H17BrClIN2. The first kappa shape index (κ1) is 17.2. The zero-order chi connectivity index (χ0) is 15.7. The van der Waals surface area contributed by atoms with Crippen molar-refractivity contribution in [2.45, 2.75) is 34.1 Å². The van der Waals surface area contributed by atoms with Crippen LogP contribution in [0.1, 0.15) is 30.7 Å². The Bertz CT molecular complexity index is 663. The quantitative estimate of drug-likeness (QED) is 0.400. The standard InChI is InChI=1S/C16H17BrClIN2/c1-8(2)5-12-14(19)15(18)21-16(20-12)11-6-9(3)13(17)10(4)7-11/h6-8H,5H2,1-4H3. The van der Waals surface area contributed by atoms with E-state index < -0.39 is 0 Å². The van der Waals surface area contributed by atoms with E-state index in [0.29, 0.717) is 16.9 Å². The fourth-order valence-electron chi connectivity index (χ4n) is 2.19. The molecule has 1 heterocycles. The van der Waals surface area contributed by atoms with Crippen molar-refractivity contribution in [3.8, 4) is 11.4 Å². The lowest BCUT2D eigenvalue weighted by atomic mass is 10.1. The summed E-state index contributed by atoms with van der Waals surface area (Å²) >= 11 is 12.1. The van der Waals surface area contributed by atoms with E-state index in [2.05, 4.69) is 83.3 Å². The Balaban J connectivity index is 2.57. The SMILES string of the molecule is Cc1cc(-c2nc(Cl)c(I)c(CC(C)C)n2)cc(C)c1Br. The molecule has 5 heteroatoms. The van der Waals surface area contributed by atoms with Crippen molar-refractivity contribution in [3.05, 3.63) is 42.1 Å². The fourth-order valence-corrected chi connectivity index (χ4v) is 3.07. The fraction of sp³-hybridized carbons (Fsp3) is 0.375. The summed E-state index contributed by atoms with van der Waals surface area (Å²) in [6.07, 6.45) is 0.905. The summed E-state index contributed by atoms with van der Waals surface area (Å²) in [5, 5.41) is 0.537. The van der Waals surface area contributed by atoms with Gasteiger partial charge in [-0.1, -0.05) is 41.4 Å². The third-order valence-electron chi connectivity index (χ3n) is 3.18. The number of halogens is 3. The van der Waals surface area contributed by atoms with Crippen LogP contribution < -0.4 is 0 Å². The molecule has 0 radical (unpaired) electrons. The van der Waals surface area contributed by atoms with Crippen molar-refractivity contribution in [1.82, 2.24) is 9.97 Å². The number of hydrogen-bond acceptors (Lipinski definition) is 2. The maximum absolute atomic E-state index is 6.30. The molecule has 0 spiro atoms. The summed E-state index contributed by atoms with van der Waals surface area (Å²) < 4.78 is 2.09. The lowest BCUT2D eigenvalue weighted by Gasteiger charge is -2.12. The summed E-state index contributed by atoms with van der Waals surface area (Å²) in [7, 11) is 0. The van der Waals surface area contributed by atoms with Gasteiger partial charge in [0.2, 0.25) is 0 Å². The van der Waals surface area contributed by atoms with Crippen LogP contribution in [0.5, 0.6) is 0 Å². The molecule has 0 unspecified atom stereocenters. The number of aryl methyl sites for hydroxylation is 2. The van der Waals surface area contributed by atoms with Gasteiger partial charge in [-0.3, -0.25) is 0 Å². The van der Waals surface area contributed by atoms with Crippen LogP contribution >= 0.6 is 50.1 Å². The van der Waals surface area contributed by atoms with E-state index in [9.17, 15) is 0 Å². The first-order chi connectivity index (χ1) is 9.79. The number of rotatable bonds is 3. The van der Waals surface area contributed by atoms with Gasteiger partial charge < -0.3 is 0 Å². The Morgan fingerprint density at radius 3 is 2.29 bits per heavy atom. The maximum atomic E-state index is 6.30. The predicted octanol–water partition coefficient (Wildman–Crippen LogP) is 5.98. The van der Waals surface area contributed by atoms with Crippen LogP contribution in [0.15, 0.2) is 16.6 Å². The highest BCUT2D eigenvalue weighted by Gasteiger charge is 2.14. The topological polar surface area (TPSA) is 25.8 Å². The van der Waals surface area contributed by atoms with Crippen molar-refractivity contribution >= 4 is 50.1 Å². The second-order valence-electron chi connectivity index (χ2n) is 5.62. The van der Waals surface area contributed by atoms with Gasteiger partial charge in [0.15, 0.2) is 5.82 Å². The van der Waals surface area contributed by atoms with E-state index in [-0.39, 0.29) is 0 Å². The molecule has 2 rings (SSSR count). The summed E-state index contributed by atoms with van der Waals surface area (Å²) in [5.74, 6) is 1.24. The normalized spacial score (nSPS) is 11.2. The molecule has 2 nitrogen and oxygen atoms in total. The highest BCUT2D eigenvalue weighted by atomic mass is 127. The van der Waals surface area contributed by atoms with Gasteiger partial charge >= 0.3 is 0 Å². The molecule has 0 atom stereocenters. The summed E-state index contributed by atoms with van der Waals surface area (Å²) in [6, 6.07) is 4.18. The van der Waals surface area contributed by atoms with E-state index in [4.69, 9.17) is 16.6 Å². The summed E-state index contributed by atoms with van der Waals surface area (Å²) in [6.45, 7) is 8.51. The molecule has 21 heavy (non-hydrogen) atoms. The highest BCUT2D eigenvalue weighted by molar-refractivity contribution is 14.1. The van der Waals surface area contributed by atoms with E-state index in [1.54, 1.807) is 0 Å². The first-order valence-electron chi connectivity index (χ1n) is 6.78. The summed E-state index contributed by atoms with van der Waals surface area (Å²) in [4.78, 5) is 9.19. The zero-order valence-electron chi connectivity index (χ0n) is 12.5. The molecule has 0 aliphatic carbocycles. The van der Waals surface area contributed by atoms with Crippen LogP contribution in [0, 0.1) is 23.3 Å². The Morgan fingerprint density at radius 1 is 1.19 bits per heavy atom. The minimum atomic E-state index is 0.533. The molecule has 2 aromatic rings. The molecule has 0 amide bonds. The Morgan fingerprint density at radius 2 is 1.76 bits per heavy atom. The Hall–Kier alpha value is -0.200. The van der Waals surface area contributed by atoms with Gasteiger partial charge in [-0.15, -0.1) is 0 Å². The minimum Gasteiger partial charge on any atom is -0.232 e. The van der Waals surface area contributed by atoms with Gasteiger partial charge in [0.1, 0.15) is 5.15 Å². The van der Waals surface area contributed by atoms with Crippen molar-refractivity contribution in [2.75, 3.05) is 0 Å². The third-order valence-corrected chi connectivity index (χ3v) is 6.15. The van der Waals surface area contributed by atoms with Crippen LogP contribution in [0.2, 0.25) is 5.15 Å². The van der Waals surface area contributed by atoms with Crippen LogP contribution in [0.25, 0.3) is 11.4 Å². The smallest absolute Gasteiger partial charge is 0.161 e.